The highest BCUT2D eigenvalue weighted by Crippen LogP contribution is 2.63. The maximum Gasteiger partial charge on any atom is -0.0263 e. The average Bonchev–Trinajstić information content (AvgIpc) is 2.85. The first-order valence-corrected chi connectivity index (χ1v) is 10.6. The van der Waals surface area contributed by atoms with Crippen LogP contribution in [-0.2, 0) is 0 Å². The molecule has 0 saturated heterocycles. The first-order valence-electron chi connectivity index (χ1n) is 10.6. The topological polar surface area (TPSA) is 0 Å². The predicted octanol–water partition coefficient (Wildman–Crippen LogP) is 8.27. The Labute approximate surface area is 153 Å². The molecule has 0 nitrogen and oxygen atoms in total. The number of hydrogen-bond acceptors (Lipinski definition) is 0. The second-order valence-electron chi connectivity index (χ2n) is 9.31. The Balaban J connectivity index is 0.000000925. The number of fused-ring (bicyclic) bond motifs is 3. The zero-order valence-corrected chi connectivity index (χ0v) is 16.7. The monoisotopic (exact) mass is 334 g/mol. The van der Waals surface area contributed by atoms with E-state index in [1.165, 1.54) is 64.2 Å². The van der Waals surface area contributed by atoms with E-state index in [1.807, 2.05) is 13.8 Å². The van der Waals surface area contributed by atoms with E-state index >= 15 is 0 Å². The van der Waals surface area contributed by atoms with Gasteiger partial charge in [-0.05, 0) is 79.4 Å². The van der Waals surface area contributed by atoms with Crippen LogP contribution in [0.15, 0.2) is 12.7 Å². The van der Waals surface area contributed by atoms with Gasteiger partial charge in [0.25, 0.3) is 0 Å². The molecule has 0 aromatic carbocycles. The maximum atomic E-state index is 4.02. The molecule has 142 valence electrons. The van der Waals surface area contributed by atoms with Crippen molar-refractivity contribution >= 4 is 0 Å². The molecule has 0 bridgehead atoms. The van der Waals surface area contributed by atoms with Crippen LogP contribution in [0.5, 0.6) is 0 Å². The van der Waals surface area contributed by atoms with Gasteiger partial charge in [0.2, 0.25) is 0 Å². The molecule has 0 heterocycles. The number of allylic oxidation sites excluding steroid dienone is 1. The molecule has 0 aromatic rings. The lowest BCUT2D eigenvalue weighted by molar-refractivity contribution is -0.0457. The fraction of sp³-hybridized carbons (Fsp3) is 0.917. The van der Waals surface area contributed by atoms with E-state index in [4.69, 9.17) is 0 Å². The van der Waals surface area contributed by atoms with Crippen molar-refractivity contribution < 1.29 is 0 Å². The SMILES string of the molecule is C.C=CCC1CCC2C3CCCCCC(C)(C)C3CCC12C.CC. The van der Waals surface area contributed by atoms with E-state index < -0.39 is 0 Å². The van der Waals surface area contributed by atoms with Gasteiger partial charge in [-0.3, -0.25) is 0 Å². The van der Waals surface area contributed by atoms with E-state index in [-0.39, 0.29) is 7.43 Å². The van der Waals surface area contributed by atoms with E-state index in [2.05, 4.69) is 33.4 Å². The van der Waals surface area contributed by atoms with Crippen molar-refractivity contribution in [3.05, 3.63) is 12.7 Å². The molecule has 5 unspecified atom stereocenters. The summed E-state index contributed by atoms with van der Waals surface area (Å²) in [5, 5.41) is 0. The Hall–Kier alpha value is -0.260. The predicted molar refractivity (Wildman–Crippen MR) is 110 cm³/mol. The van der Waals surface area contributed by atoms with Crippen molar-refractivity contribution in [2.45, 2.75) is 106 Å². The summed E-state index contributed by atoms with van der Waals surface area (Å²) in [6.45, 7) is 15.8. The first-order chi connectivity index (χ1) is 11.0. The van der Waals surface area contributed by atoms with Crippen LogP contribution in [0.1, 0.15) is 106 Å². The molecule has 0 aromatic heterocycles. The van der Waals surface area contributed by atoms with Crippen LogP contribution in [-0.4, -0.2) is 0 Å². The Morgan fingerprint density at radius 1 is 0.875 bits per heavy atom. The summed E-state index contributed by atoms with van der Waals surface area (Å²) in [6, 6.07) is 0. The van der Waals surface area contributed by atoms with Crippen LogP contribution in [0, 0.1) is 34.5 Å². The molecule has 0 spiro atoms. The van der Waals surface area contributed by atoms with Crippen molar-refractivity contribution in [2.75, 3.05) is 0 Å². The second kappa shape index (κ2) is 8.91. The van der Waals surface area contributed by atoms with Crippen LogP contribution in [0.2, 0.25) is 0 Å². The third kappa shape index (κ3) is 3.94. The van der Waals surface area contributed by atoms with E-state index in [0.29, 0.717) is 10.8 Å². The van der Waals surface area contributed by atoms with Gasteiger partial charge in [0, 0.05) is 0 Å². The summed E-state index contributed by atoms with van der Waals surface area (Å²) in [5.74, 6) is 3.96. The smallest absolute Gasteiger partial charge is 0.0263 e. The number of rotatable bonds is 2. The lowest BCUT2D eigenvalue weighted by Gasteiger charge is -2.54. The normalized spacial score (nSPS) is 40.5. The highest BCUT2D eigenvalue weighted by Gasteiger charge is 2.55. The molecule has 3 aliphatic rings. The molecule has 0 aliphatic heterocycles. The Morgan fingerprint density at radius 3 is 2.25 bits per heavy atom. The van der Waals surface area contributed by atoms with Crippen molar-refractivity contribution in [1.29, 1.82) is 0 Å². The standard InChI is InChI=1S/C21H36.C2H6.CH4/c1-5-9-16-11-12-19-17-10-7-6-8-14-20(2,3)18(17)13-15-21(16,19)4;1-2;/h5,16-19H,1,6-15H2,2-4H3;1-2H3;1H4. The van der Waals surface area contributed by atoms with Crippen molar-refractivity contribution in [3.8, 4) is 0 Å². The quantitative estimate of drug-likeness (QED) is 0.446. The average molecular weight is 335 g/mol. The molecular weight excluding hydrogens is 288 g/mol. The molecule has 3 saturated carbocycles. The van der Waals surface area contributed by atoms with Gasteiger partial charge in [-0.1, -0.05) is 67.4 Å². The fourth-order valence-electron chi connectivity index (χ4n) is 6.68. The largest absolute Gasteiger partial charge is 0.103 e. The minimum atomic E-state index is 0. The summed E-state index contributed by atoms with van der Waals surface area (Å²) in [7, 11) is 0. The van der Waals surface area contributed by atoms with Crippen LogP contribution < -0.4 is 0 Å². The van der Waals surface area contributed by atoms with Crippen LogP contribution >= 0.6 is 0 Å². The Morgan fingerprint density at radius 2 is 1.58 bits per heavy atom. The molecule has 5 atom stereocenters. The summed E-state index contributed by atoms with van der Waals surface area (Å²) in [5.41, 5.74) is 1.22. The molecule has 0 amide bonds. The molecule has 3 fully saturated rings. The number of hydrogen-bond donors (Lipinski definition) is 0. The molecule has 0 N–H and O–H groups in total. The molecule has 0 heteroatoms. The Kier molecular flexibility index (Phi) is 8.08. The summed E-state index contributed by atoms with van der Waals surface area (Å²) in [6.07, 6.45) is 16.8. The second-order valence-corrected chi connectivity index (χ2v) is 9.31. The minimum absolute atomic E-state index is 0. The van der Waals surface area contributed by atoms with Gasteiger partial charge in [0.05, 0.1) is 0 Å². The Bertz CT molecular complexity index is 379. The molecule has 3 aliphatic carbocycles. The summed E-state index contributed by atoms with van der Waals surface area (Å²) < 4.78 is 0. The van der Waals surface area contributed by atoms with Crippen LogP contribution in [0.4, 0.5) is 0 Å². The minimum Gasteiger partial charge on any atom is -0.103 e. The maximum absolute atomic E-state index is 4.02. The van der Waals surface area contributed by atoms with Gasteiger partial charge < -0.3 is 0 Å². The zero-order chi connectivity index (χ0) is 17.1. The van der Waals surface area contributed by atoms with Gasteiger partial charge in [-0.25, -0.2) is 0 Å². The lowest BCUT2D eigenvalue weighted by atomic mass is 9.51. The third-order valence-corrected chi connectivity index (χ3v) is 7.95. The first kappa shape index (κ1) is 21.8. The summed E-state index contributed by atoms with van der Waals surface area (Å²) >= 11 is 0. The van der Waals surface area contributed by atoms with Crippen molar-refractivity contribution in [1.82, 2.24) is 0 Å². The highest BCUT2D eigenvalue weighted by molar-refractivity contribution is 5.05. The van der Waals surface area contributed by atoms with E-state index in [1.54, 1.807) is 0 Å². The van der Waals surface area contributed by atoms with E-state index in [9.17, 15) is 0 Å². The van der Waals surface area contributed by atoms with Crippen LogP contribution in [0.3, 0.4) is 0 Å². The zero-order valence-electron chi connectivity index (χ0n) is 16.7. The van der Waals surface area contributed by atoms with Gasteiger partial charge in [0.15, 0.2) is 0 Å². The van der Waals surface area contributed by atoms with Crippen molar-refractivity contribution in [2.24, 2.45) is 34.5 Å². The van der Waals surface area contributed by atoms with Crippen molar-refractivity contribution in [3.63, 3.8) is 0 Å². The molecular formula is C24H46. The molecule has 24 heavy (non-hydrogen) atoms. The molecule has 3 rings (SSSR count). The highest BCUT2D eigenvalue weighted by atomic mass is 14.6. The van der Waals surface area contributed by atoms with Gasteiger partial charge in [-0.2, -0.15) is 0 Å². The lowest BCUT2D eigenvalue weighted by Crippen LogP contribution is -2.46. The van der Waals surface area contributed by atoms with Gasteiger partial charge in [-0.15, -0.1) is 6.58 Å². The summed E-state index contributed by atoms with van der Waals surface area (Å²) in [4.78, 5) is 0. The van der Waals surface area contributed by atoms with E-state index in [0.717, 1.165) is 23.7 Å². The molecule has 0 radical (unpaired) electrons. The van der Waals surface area contributed by atoms with Crippen LogP contribution in [0.25, 0.3) is 0 Å². The van der Waals surface area contributed by atoms with Gasteiger partial charge in [0.1, 0.15) is 0 Å². The van der Waals surface area contributed by atoms with Gasteiger partial charge >= 0.3 is 0 Å². The third-order valence-electron chi connectivity index (χ3n) is 7.95. The fourth-order valence-corrected chi connectivity index (χ4v) is 6.68.